The first-order chi connectivity index (χ1) is 12.4. The minimum Gasteiger partial charge on any atom is -0.480 e. The van der Waals surface area contributed by atoms with E-state index in [1.807, 2.05) is 60.7 Å². The number of carbonyl (C=O) groups is 3. The van der Waals surface area contributed by atoms with Gasteiger partial charge in [-0.3, -0.25) is 14.4 Å². The van der Waals surface area contributed by atoms with Crippen LogP contribution in [0.3, 0.4) is 0 Å². The molecule has 0 unspecified atom stereocenters. The van der Waals surface area contributed by atoms with Crippen LogP contribution in [0.4, 0.5) is 0 Å². The van der Waals surface area contributed by atoms with Crippen molar-refractivity contribution in [2.45, 2.75) is 18.9 Å². The fourth-order valence-electron chi connectivity index (χ4n) is 1.97. The zero-order chi connectivity index (χ0) is 19.4. The van der Waals surface area contributed by atoms with E-state index in [9.17, 15) is 14.4 Å². The maximum Gasteiger partial charge on any atom is 0.322 e. The van der Waals surface area contributed by atoms with E-state index in [2.05, 4.69) is 5.32 Å². The molecular weight excluding hydrogens is 336 g/mol. The fourth-order valence-corrected chi connectivity index (χ4v) is 1.97. The molecule has 0 aliphatic carbocycles. The Balaban J connectivity index is 0.000000263. The summed E-state index contributed by atoms with van der Waals surface area (Å²) in [6.07, 6.45) is 0.601. The molecule has 0 bridgehead atoms. The number of benzene rings is 2. The molecule has 0 fully saturated rings. The number of hydrogen-bond acceptors (Lipinski definition) is 4. The molecule has 0 radical (unpaired) electrons. The molecule has 7 nitrogen and oxygen atoms in total. The molecule has 7 heteroatoms. The van der Waals surface area contributed by atoms with E-state index in [4.69, 9.17) is 15.9 Å². The number of nitrogens with one attached hydrogen (secondary N) is 1. The Morgan fingerprint density at radius 3 is 1.85 bits per heavy atom. The molecule has 2 aromatic carbocycles. The summed E-state index contributed by atoms with van der Waals surface area (Å²) in [6.45, 7) is -0.328. The Bertz CT molecular complexity index is 704. The van der Waals surface area contributed by atoms with Gasteiger partial charge in [0.2, 0.25) is 5.91 Å². The third-order valence-electron chi connectivity index (χ3n) is 3.26. The number of amides is 1. The third-order valence-corrected chi connectivity index (χ3v) is 3.26. The predicted molar refractivity (Wildman–Crippen MR) is 96.5 cm³/mol. The van der Waals surface area contributed by atoms with Gasteiger partial charge in [0.15, 0.2) is 0 Å². The number of carboxylic acids is 2. The minimum absolute atomic E-state index is 0.216. The lowest BCUT2D eigenvalue weighted by atomic mass is 10.1. The zero-order valence-corrected chi connectivity index (χ0v) is 14.2. The standard InChI is InChI=1S/C10H11NO3.C9H11NO2/c12-9(11-7-10(13)14)6-8-4-2-1-3-5-8;10-8(9(11)12)6-7-4-2-1-3-5-7/h1-5H,6-7H2,(H,11,12)(H,13,14);1-5,8H,6,10H2,(H,11,12)/t;8-/m.0/s1. The maximum atomic E-state index is 11.1. The van der Waals surface area contributed by atoms with Crippen LogP contribution in [0.5, 0.6) is 0 Å². The first-order valence-corrected chi connectivity index (χ1v) is 7.93. The molecule has 0 spiro atoms. The lowest BCUT2D eigenvalue weighted by Gasteiger charge is -2.04. The van der Waals surface area contributed by atoms with Gasteiger partial charge in [0.05, 0.1) is 6.42 Å². The van der Waals surface area contributed by atoms with E-state index >= 15 is 0 Å². The quantitative estimate of drug-likeness (QED) is 0.586. The lowest BCUT2D eigenvalue weighted by molar-refractivity contribution is -0.138. The normalized spacial score (nSPS) is 10.8. The number of hydrogen-bond donors (Lipinski definition) is 4. The smallest absolute Gasteiger partial charge is 0.322 e. The Morgan fingerprint density at radius 1 is 0.885 bits per heavy atom. The summed E-state index contributed by atoms with van der Waals surface area (Å²) in [5.41, 5.74) is 7.17. The molecule has 138 valence electrons. The van der Waals surface area contributed by atoms with Gasteiger partial charge in [0, 0.05) is 0 Å². The summed E-state index contributed by atoms with van der Waals surface area (Å²) in [6, 6.07) is 17.7. The molecule has 0 aromatic heterocycles. The van der Waals surface area contributed by atoms with Crippen LogP contribution < -0.4 is 11.1 Å². The summed E-state index contributed by atoms with van der Waals surface area (Å²) in [5, 5.41) is 19.1. The Morgan fingerprint density at radius 2 is 1.38 bits per heavy atom. The topological polar surface area (TPSA) is 130 Å². The summed E-state index contributed by atoms with van der Waals surface area (Å²) in [7, 11) is 0. The number of carbonyl (C=O) groups excluding carboxylic acids is 1. The fraction of sp³-hybridized carbons (Fsp3) is 0.211. The second kappa shape index (κ2) is 11.4. The summed E-state index contributed by atoms with van der Waals surface area (Å²) in [5.74, 6) is -2.27. The molecule has 1 atom stereocenters. The Labute approximate surface area is 151 Å². The first-order valence-electron chi connectivity index (χ1n) is 7.93. The van der Waals surface area contributed by atoms with Crippen molar-refractivity contribution in [1.82, 2.24) is 5.32 Å². The van der Waals surface area contributed by atoms with Crippen molar-refractivity contribution in [2.24, 2.45) is 5.73 Å². The minimum atomic E-state index is -1.04. The molecule has 2 rings (SSSR count). The third kappa shape index (κ3) is 9.19. The van der Waals surface area contributed by atoms with Crippen molar-refractivity contribution in [3.8, 4) is 0 Å². The monoisotopic (exact) mass is 358 g/mol. The summed E-state index contributed by atoms with van der Waals surface area (Å²) < 4.78 is 0. The highest BCUT2D eigenvalue weighted by molar-refractivity contribution is 5.82. The van der Waals surface area contributed by atoms with Crippen molar-refractivity contribution < 1.29 is 24.6 Å². The molecule has 0 aliphatic heterocycles. The van der Waals surface area contributed by atoms with Crippen LogP contribution in [0.2, 0.25) is 0 Å². The average molecular weight is 358 g/mol. The van der Waals surface area contributed by atoms with Gasteiger partial charge in [-0.05, 0) is 17.5 Å². The van der Waals surface area contributed by atoms with E-state index in [0.717, 1.165) is 11.1 Å². The number of carboxylic acid groups (broad SMARTS) is 2. The Kier molecular flexibility index (Phi) is 9.13. The highest BCUT2D eigenvalue weighted by Crippen LogP contribution is 2.01. The van der Waals surface area contributed by atoms with Crippen molar-refractivity contribution in [3.05, 3.63) is 71.8 Å². The molecule has 1 amide bonds. The second-order valence-corrected chi connectivity index (χ2v) is 5.47. The summed E-state index contributed by atoms with van der Waals surface area (Å²) in [4.78, 5) is 31.7. The van der Waals surface area contributed by atoms with Gasteiger partial charge in [-0.2, -0.15) is 0 Å². The van der Waals surface area contributed by atoms with Crippen LogP contribution in [-0.4, -0.2) is 40.6 Å². The number of aliphatic carboxylic acids is 2. The second-order valence-electron chi connectivity index (χ2n) is 5.47. The molecule has 0 aliphatic rings. The maximum absolute atomic E-state index is 11.1. The molecule has 26 heavy (non-hydrogen) atoms. The number of nitrogens with two attached hydrogens (primary N) is 1. The van der Waals surface area contributed by atoms with Gasteiger partial charge in [-0.1, -0.05) is 60.7 Å². The van der Waals surface area contributed by atoms with Crippen LogP contribution in [0.15, 0.2) is 60.7 Å². The predicted octanol–water partition coefficient (Wildman–Crippen LogP) is 1.07. The van der Waals surface area contributed by atoms with E-state index in [0.29, 0.717) is 6.42 Å². The van der Waals surface area contributed by atoms with Gasteiger partial charge in [0.25, 0.3) is 0 Å². The first kappa shape index (κ1) is 20.9. The van der Waals surface area contributed by atoms with Crippen LogP contribution in [0.25, 0.3) is 0 Å². The molecule has 0 heterocycles. The van der Waals surface area contributed by atoms with E-state index in [1.165, 1.54) is 0 Å². The van der Waals surface area contributed by atoms with Crippen molar-refractivity contribution in [1.29, 1.82) is 0 Å². The van der Waals surface area contributed by atoms with E-state index in [-0.39, 0.29) is 18.9 Å². The van der Waals surface area contributed by atoms with Crippen LogP contribution in [0, 0.1) is 0 Å². The zero-order valence-electron chi connectivity index (χ0n) is 14.2. The van der Waals surface area contributed by atoms with Crippen LogP contribution >= 0.6 is 0 Å². The Hall–Kier alpha value is -3.19. The van der Waals surface area contributed by atoms with Gasteiger partial charge in [0.1, 0.15) is 12.6 Å². The van der Waals surface area contributed by atoms with Crippen LogP contribution in [-0.2, 0) is 27.2 Å². The van der Waals surface area contributed by atoms with Crippen LogP contribution in [0.1, 0.15) is 11.1 Å². The van der Waals surface area contributed by atoms with Gasteiger partial charge < -0.3 is 21.3 Å². The molecule has 2 aromatic rings. The molecule has 5 N–H and O–H groups in total. The van der Waals surface area contributed by atoms with Crippen molar-refractivity contribution >= 4 is 17.8 Å². The highest BCUT2D eigenvalue weighted by Gasteiger charge is 2.11. The SMILES string of the molecule is N[C@@H](Cc1ccccc1)C(=O)O.O=C(O)CNC(=O)Cc1ccccc1. The van der Waals surface area contributed by atoms with Gasteiger partial charge in [-0.25, -0.2) is 0 Å². The largest absolute Gasteiger partial charge is 0.480 e. The lowest BCUT2D eigenvalue weighted by Crippen LogP contribution is -2.32. The van der Waals surface area contributed by atoms with Gasteiger partial charge in [-0.15, -0.1) is 0 Å². The van der Waals surface area contributed by atoms with E-state index in [1.54, 1.807) is 0 Å². The van der Waals surface area contributed by atoms with Gasteiger partial charge >= 0.3 is 11.9 Å². The summed E-state index contributed by atoms with van der Waals surface area (Å²) >= 11 is 0. The highest BCUT2D eigenvalue weighted by atomic mass is 16.4. The average Bonchev–Trinajstić information content (AvgIpc) is 2.62. The van der Waals surface area contributed by atoms with E-state index < -0.39 is 18.0 Å². The molecule has 0 saturated heterocycles. The molecule has 0 saturated carbocycles. The van der Waals surface area contributed by atoms with Crippen molar-refractivity contribution in [2.75, 3.05) is 6.54 Å². The number of rotatable bonds is 7. The molecular formula is C19H22N2O5. The van der Waals surface area contributed by atoms with Crippen molar-refractivity contribution in [3.63, 3.8) is 0 Å².